The molecular weight excluding hydrogens is 250 g/mol. The van der Waals surface area contributed by atoms with Crippen molar-refractivity contribution in [3.05, 3.63) is 12.2 Å². The zero-order valence-electron chi connectivity index (χ0n) is 11.8. The van der Waals surface area contributed by atoms with Crippen molar-refractivity contribution >= 4 is 17.8 Å². The fourth-order valence-corrected chi connectivity index (χ4v) is 1.35. The lowest BCUT2D eigenvalue weighted by Gasteiger charge is -2.15. The molecule has 0 spiro atoms. The molecule has 0 saturated carbocycles. The van der Waals surface area contributed by atoms with E-state index in [4.69, 9.17) is 0 Å². The fourth-order valence-electron chi connectivity index (χ4n) is 1.35. The lowest BCUT2D eigenvalue weighted by molar-refractivity contribution is -0.145. The highest BCUT2D eigenvalue weighted by molar-refractivity contribution is 5.85. The zero-order valence-corrected chi connectivity index (χ0v) is 11.8. The third-order valence-electron chi connectivity index (χ3n) is 2.24. The van der Waals surface area contributed by atoms with Crippen molar-refractivity contribution in [1.82, 2.24) is 5.32 Å². The summed E-state index contributed by atoms with van der Waals surface area (Å²) in [6.45, 7) is 3.81. The normalized spacial score (nSPS) is 12.3. The summed E-state index contributed by atoms with van der Waals surface area (Å²) in [5.41, 5.74) is 0. The van der Waals surface area contributed by atoms with E-state index in [2.05, 4.69) is 14.8 Å². The van der Waals surface area contributed by atoms with Crippen LogP contribution in [-0.4, -0.2) is 38.1 Å². The van der Waals surface area contributed by atoms with E-state index in [0.717, 1.165) is 0 Å². The summed E-state index contributed by atoms with van der Waals surface area (Å²) in [6, 6.07) is -0.794. The first-order valence-electron chi connectivity index (χ1n) is 6.02. The molecule has 0 aliphatic carbocycles. The average Bonchev–Trinajstić information content (AvgIpc) is 2.35. The first-order valence-corrected chi connectivity index (χ1v) is 6.02. The second kappa shape index (κ2) is 9.13. The Balaban J connectivity index is 4.47. The second-order valence-corrected chi connectivity index (χ2v) is 4.40. The van der Waals surface area contributed by atoms with Crippen LogP contribution >= 0.6 is 0 Å². The van der Waals surface area contributed by atoms with Crippen LogP contribution in [0.4, 0.5) is 0 Å². The summed E-state index contributed by atoms with van der Waals surface area (Å²) >= 11 is 0. The lowest BCUT2D eigenvalue weighted by Crippen LogP contribution is -2.41. The standard InChI is InChI=1S/C13H21NO5/c1-9(2)8-11(15)14-10(13(17)19-4)6-5-7-12(16)18-3/h5,7,9-10H,6,8H2,1-4H3,(H,14,15)/b7-5+/t10-/m0/s1. The van der Waals surface area contributed by atoms with Crippen LogP contribution in [0.5, 0.6) is 0 Å². The van der Waals surface area contributed by atoms with Crippen molar-refractivity contribution in [3.8, 4) is 0 Å². The highest BCUT2D eigenvalue weighted by atomic mass is 16.5. The van der Waals surface area contributed by atoms with E-state index < -0.39 is 18.0 Å². The Morgan fingerprint density at radius 3 is 2.26 bits per heavy atom. The number of rotatable bonds is 7. The van der Waals surface area contributed by atoms with Crippen molar-refractivity contribution in [2.24, 2.45) is 5.92 Å². The van der Waals surface area contributed by atoms with Crippen LogP contribution in [0, 0.1) is 5.92 Å². The van der Waals surface area contributed by atoms with Gasteiger partial charge in [-0.15, -0.1) is 0 Å². The molecule has 0 aromatic rings. The maximum atomic E-state index is 11.6. The number of methoxy groups -OCH3 is 2. The number of hydrogen-bond acceptors (Lipinski definition) is 5. The summed E-state index contributed by atoms with van der Waals surface area (Å²) in [5.74, 6) is -1.09. The summed E-state index contributed by atoms with van der Waals surface area (Å²) in [5, 5.41) is 2.57. The number of esters is 2. The van der Waals surface area contributed by atoms with E-state index in [1.54, 1.807) is 0 Å². The Morgan fingerprint density at radius 1 is 1.16 bits per heavy atom. The van der Waals surface area contributed by atoms with Crippen molar-refractivity contribution in [1.29, 1.82) is 0 Å². The van der Waals surface area contributed by atoms with E-state index in [0.29, 0.717) is 6.42 Å². The molecule has 1 amide bonds. The van der Waals surface area contributed by atoms with Gasteiger partial charge in [-0.2, -0.15) is 0 Å². The molecule has 0 fully saturated rings. The highest BCUT2D eigenvalue weighted by Gasteiger charge is 2.20. The molecule has 0 unspecified atom stereocenters. The van der Waals surface area contributed by atoms with Crippen LogP contribution in [0.15, 0.2) is 12.2 Å². The summed E-state index contributed by atoms with van der Waals surface area (Å²) in [4.78, 5) is 34.0. The van der Waals surface area contributed by atoms with Gasteiger partial charge >= 0.3 is 11.9 Å². The van der Waals surface area contributed by atoms with Crippen LogP contribution in [0.3, 0.4) is 0 Å². The Bertz CT molecular complexity index is 349. The van der Waals surface area contributed by atoms with Gasteiger partial charge in [0.15, 0.2) is 0 Å². The molecule has 0 aliphatic heterocycles. The maximum Gasteiger partial charge on any atom is 0.330 e. The van der Waals surface area contributed by atoms with Gasteiger partial charge in [-0.1, -0.05) is 19.9 Å². The van der Waals surface area contributed by atoms with Gasteiger partial charge in [0.1, 0.15) is 6.04 Å². The van der Waals surface area contributed by atoms with Crippen LogP contribution in [0.2, 0.25) is 0 Å². The van der Waals surface area contributed by atoms with Gasteiger partial charge in [0.05, 0.1) is 14.2 Å². The molecule has 0 aromatic heterocycles. The quantitative estimate of drug-likeness (QED) is 0.547. The first kappa shape index (κ1) is 17.2. The summed E-state index contributed by atoms with van der Waals surface area (Å²) in [6.07, 6.45) is 3.16. The van der Waals surface area contributed by atoms with E-state index in [1.165, 1.54) is 26.4 Å². The first-order chi connectivity index (χ1) is 8.90. The topological polar surface area (TPSA) is 81.7 Å². The molecule has 0 bridgehead atoms. The van der Waals surface area contributed by atoms with Crippen LogP contribution in [-0.2, 0) is 23.9 Å². The molecule has 1 atom stereocenters. The Hall–Kier alpha value is -1.85. The van der Waals surface area contributed by atoms with Gasteiger partial charge in [0, 0.05) is 12.5 Å². The second-order valence-electron chi connectivity index (χ2n) is 4.40. The summed E-state index contributed by atoms with van der Waals surface area (Å²) < 4.78 is 9.02. The van der Waals surface area contributed by atoms with Gasteiger partial charge in [-0.25, -0.2) is 9.59 Å². The molecule has 0 aliphatic rings. The molecule has 0 radical (unpaired) electrons. The molecular formula is C13H21NO5. The van der Waals surface area contributed by atoms with Crippen molar-refractivity contribution in [2.45, 2.75) is 32.7 Å². The minimum atomic E-state index is -0.794. The van der Waals surface area contributed by atoms with Gasteiger partial charge in [-0.3, -0.25) is 4.79 Å². The van der Waals surface area contributed by atoms with Crippen LogP contribution in [0.1, 0.15) is 26.7 Å². The highest BCUT2D eigenvalue weighted by Crippen LogP contribution is 2.02. The van der Waals surface area contributed by atoms with Gasteiger partial charge in [0.2, 0.25) is 5.91 Å². The molecule has 6 heteroatoms. The largest absolute Gasteiger partial charge is 0.467 e. The number of carbonyl (C=O) groups is 3. The third-order valence-corrected chi connectivity index (χ3v) is 2.24. The van der Waals surface area contributed by atoms with Gasteiger partial charge < -0.3 is 14.8 Å². The monoisotopic (exact) mass is 271 g/mol. The average molecular weight is 271 g/mol. The van der Waals surface area contributed by atoms with Crippen LogP contribution in [0.25, 0.3) is 0 Å². The smallest absolute Gasteiger partial charge is 0.330 e. The van der Waals surface area contributed by atoms with E-state index >= 15 is 0 Å². The Labute approximate surface area is 113 Å². The maximum absolute atomic E-state index is 11.6. The Kier molecular flexibility index (Phi) is 8.24. The number of hydrogen-bond donors (Lipinski definition) is 1. The number of amides is 1. The van der Waals surface area contributed by atoms with Gasteiger partial charge in [-0.05, 0) is 12.3 Å². The van der Waals surface area contributed by atoms with E-state index in [1.807, 2.05) is 13.8 Å². The zero-order chi connectivity index (χ0) is 14.8. The van der Waals surface area contributed by atoms with E-state index in [-0.39, 0.29) is 18.2 Å². The van der Waals surface area contributed by atoms with Crippen LogP contribution < -0.4 is 5.32 Å². The minimum Gasteiger partial charge on any atom is -0.467 e. The summed E-state index contributed by atoms with van der Waals surface area (Å²) in [7, 11) is 2.50. The predicted molar refractivity (Wildman–Crippen MR) is 69.2 cm³/mol. The molecule has 6 nitrogen and oxygen atoms in total. The van der Waals surface area contributed by atoms with Crippen molar-refractivity contribution in [3.63, 3.8) is 0 Å². The molecule has 0 rings (SSSR count). The van der Waals surface area contributed by atoms with E-state index in [9.17, 15) is 14.4 Å². The number of carbonyl (C=O) groups excluding carboxylic acids is 3. The number of nitrogens with one attached hydrogen (secondary N) is 1. The van der Waals surface area contributed by atoms with Crippen molar-refractivity contribution in [2.75, 3.05) is 14.2 Å². The van der Waals surface area contributed by atoms with Gasteiger partial charge in [0.25, 0.3) is 0 Å². The Morgan fingerprint density at radius 2 is 1.79 bits per heavy atom. The SMILES string of the molecule is COC(=O)/C=C/C[C@H](NC(=O)CC(C)C)C(=O)OC. The molecule has 0 aromatic carbocycles. The van der Waals surface area contributed by atoms with Crippen molar-refractivity contribution < 1.29 is 23.9 Å². The molecule has 0 saturated heterocycles. The minimum absolute atomic E-state index is 0.172. The molecule has 0 heterocycles. The predicted octanol–water partition coefficient (Wildman–Crippen LogP) is 0.810. The molecule has 1 N–H and O–H groups in total. The molecule has 108 valence electrons. The lowest BCUT2D eigenvalue weighted by atomic mass is 10.1. The number of ether oxygens (including phenoxy) is 2. The molecule has 19 heavy (non-hydrogen) atoms. The fraction of sp³-hybridized carbons (Fsp3) is 0.615. The third kappa shape index (κ3) is 7.96.